The summed E-state index contributed by atoms with van der Waals surface area (Å²) in [5.74, 6) is -0.334. The van der Waals surface area contributed by atoms with Crippen LogP contribution in [0.5, 0.6) is 0 Å². The van der Waals surface area contributed by atoms with Gasteiger partial charge in [-0.15, -0.1) is 0 Å². The molecule has 0 aromatic heterocycles. The number of fused-ring (bicyclic) bond motifs is 1. The average Bonchev–Trinajstić information content (AvgIpc) is 2.98. The predicted octanol–water partition coefficient (Wildman–Crippen LogP) is 5.34. The molecule has 1 saturated heterocycles. The Kier molecular flexibility index (Phi) is 5.57. The van der Waals surface area contributed by atoms with Crippen molar-refractivity contribution in [3.05, 3.63) is 70.2 Å². The van der Waals surface area contributed by atoms with Gasteiger partial charge in [0.1, 0.15) is 11.5 Å². The molecule has 0 unspecified atom stereocenters. The molecule has 6 heteroatoms. The zero-order valence-corrected chi connectivity index (χ0v) is 19.3. The minimum atomic E-state index is -0.464. The molecule has 0 spiro atoms. The molecular weight excluding hydrogens is 405 g/mol. The fourth-order valence-electron chi connectivity index (χ4n) is 5.05. The van der Waals surface area contributed by atoms with Crippen LogP contribution >= 0.6 is 0 Å². The first-order valence-corrected chi connectivity index (χ1v) is 11.1. The van der Waals surface area contributed by atoms with Crippen molar-refractivity contribution < 1.29 is 14.0 Å². The molecule has 2 aliphatic heterocycles. The van der Waals surface area contributed by atoms with E-state index in [1.54, 1.807) is 18.2 Å². The van der Waals surface area contributed by atoms with Gasteiger partial charge in [0, 0.05) is 17.8 Å². The van der Waals surface area contributed by atoms with E-state index in [4.69, 9.17) is 0 Å². The lowest BCUT2D eigenvalue weighted by Crippen LogP contribution is -2.48. The summed E-state index contributed by atoms with van der Waals surface area (Å²) in [6.07, 6.45) is 2.82. The van der Waals surface area contributed by atoms with Crippen molar-refractivity contribution in [2.45, 2.75) is 59.0 Å². The van der Waals surface area contributed by atoms with Crippen LogP contribution in [0.25, 0.3) is 6.08 Å². The molecule has 0 radical (unpaired) electrons. The fraction of sp³-hybridized carbons (Fsp3) is 0.385. The van der Waals surface area contributed by atoms with E-state index in [9.17, 15) is 14.0 Å². The monoisotopic (exact) mass is 435 g/mol. The van der Waals surface area contributed by atoms with Gasteiger partial charge in [-0.1, -0.05) is 19.1 Å². The summed E-state index contributed by atoms with van der Waals surface area (Å²) < 4.78 is 13.2. The number of urea groups is 1. The molecule has 1 fully saturated rings. The Morgan fingerprint density at radius 3 is 2.53 bits per heavy atom. The number of carbonyl (C=O) groups is 2. The van der Waals surface area contributed by atoms with Gasteiger partial charge in [0.15, 0.2) is 0 Å². The van der Waals surface area contributed by atoms with Gasteiger partial charge in [-0.3, -0.25) is 9.69 Å². The number of nitrogens with zero attached hydrogens (tertiary/aromatic N) is 2. The van der Waals surface area contributed by atoms with Crippen molar-refractivity contribution in [1.29, 1.82) is 0 Å². The van der Waals surface area contributed by atoms with Crippen molar-refractivity contribution in [3.8, 4) is 0 Å². The summed E-state index contributed by atoms with van der Waals surface area (Å²) in [6, 6.07) is 9.68. The number of rotatable bonds is 4. The third kappa shape index (κ3) is 3.90. The Labute approximate surface area is 188 Å². The number of benzene rings is 2. The molecule has 2 aliphatic rings. The first kappa shape index (κ1) is 22.1. The Balaban J connectivity index is 1.64. The Morgan fingerprint density at radius 1 is 1.19 bits per heavy atom. The summed E-state index contributed by atoms with van der Waals surface area (Å²) in [4.78, 5) is 29.0. The summed E-state index contributed by atoms with van der Waals surface area (Å²) in [5.41, 5.74) is 5.54. The van der Waals surface area contributed by atoms with Crippen molar-refractivity contribution in [3.63, 3.8) is 0 Å². The molecule has 0 saturated carbocycles. The highest BCUT2D eigenvalue weighted by molar-refractivity contribution is 6.14. The molecule has 2 heterocycles. The largest absolute Gasteiger partial charge is 0.366 e. The number of aryl methyl sites for hydroxylation is 1. The minimum absolute atomic E-state index is 0.0871. The van der Waals surface area contributed by atoms with E-state index in [0.29, 0.717) is 11.5 Å². The third-order valence-corrected chi connectivity index (χ3v) is 6.61. The molecular formula is C26H30FN3O2. The van der Waals surface area contributed by atoms with E-state index >= 15 is 0 Å². The third-order valence-electron chi connectivity index (χ3n) is 6.61. The van der Waals surface area contributed by atoms with E-state index in [0.717, 1.165) is 29.0 Å². The molecule has 0 bridgehead atoms. The molecule has 2 aromatic carbocycles. The molecule has 1 atom stereocenters. The van der Waals surface area contributed by atoms with E-state index in [2.05, 4.69) is 50.0 Å². The topological polar surface area (TPSA) is 52.7 Å². The summed E-state index contributed by atoms with van der Waals surface area (Å²) >= 11 is 0. The second kappa shape index (κ2) is 8.08. The van der Waals surface area contributed by atoms with Gasteiger partial charge in [-0.25, -0.2) is 9.18 Å². The number of imide groups is 1. The summed E-state index contributed by atoms with van der Waals surface area (Å²) in [7, 11) is 0. The lowest BCUT2D eigenvalue weighted by Gasteiger charge is -2.47. The maximum atomic E-state index is 13.2. The number of amides is 3. The average molecular weight is 436 g/mol. The van der Waals surface area contributed by atoms with Crippen molar-refractivity contribution >= 4 is 23.7 Å². The van der Waals surface area contributed by atoms with Crippen LogP contribution in [0.2, 0.25) is 0 Å². The number of nitrogens with one attached hydrogen (secondary N) is 1. The molecule has 32 heavy (non-hydrogen) atoms. The molecule has 168 valence electrons. The summed E-state index contributed by atoms with van der Waals surface area (Å²) in [6.45, 7) is 12.0. The quantitative estimate of drug-likeness (QED) is 0.521. The van der Waals surface area contributed by atoms with E-state index in [1.165, 1.54) is 23.4 Å². The standard InChI is InChI=1S/C26H30FN3O2/c1-6-30-23-11-16(2)19(12-21(23)17(3)14-26(30,4)5)13-22-24(31)29(25(32)28-22)15-18-7-9-20(27)10-8-18/h7-13,17H,6,14-15H2,1-5H3,(H,28,32)/b22-13-/t17-/m0/s1. The molecule has 2 aromatic rings. The predicted molar refractivity (Wildman–Crippen MR) is 125 cm³/mol. The highest BCUT2D eigenvalue weighted by Crippen LogP contribution is 2.44. The van der Waals surface area contributed by atoms with Gasteiger partial charge in [-0.2, -0.15) is 0 Å². The molecule has 1 N–H and O–H groups in total. The Hall–Kier alpha value is -3.15. The Morgan fingerprint density at radius 2 is 1.88 bits per heavy atom. The van der Waals surface area contributed by atoms with Crippen LogP contribution in [0, 0.1) is 12.7 Å². The second-order valence-electron chi connectivity index (χ2n) is 9.44. The van der Waals surface area contributed by atoms with Crippen LogP contribution in [0.15, 0.2) is 42.1 Å². The van der Waals surface area contributed by atoms with Crippen LogP contribution in [-0.4, -0.2) is 28.9 Å². The minimum Gasteiger partial charge on any atom is -0.366 e. The highest BCUT2D eigenvalue weighted by Gasteiger charge is 2.36. The van der Waals surface area contributed by atoms with Crippen LogP contribution in [-0.2, 0) is 11.3 Å². The van der Waals surface area contributed by atoms with E-state index in [-0.39, 0.29) is 29.5 Å². The van der Waals surface area contributed by atoms with Crippen molar-refractivity contribution in [2.75, 3.05) is 11.4 Å². The maximum absolute atomic E-state index is 13.2. The van der Waals surface area contributed by atoms with Gasteiger partial charge in [-0.05, 0) is 92.6 Å². The van der Waals surface area contributed by atoms with Crippen LogP contribution < -0.4 is 10.2 Å². The molecule has 4 rings (SSSR count). The van der Waals surface area contributed by atoms with Crippen molar-refractivity contribution in [2.24, 2.45) is 0 Å². The fourth-order valence-corrected chi connectivity index (χ4v) is 5.05. The first-order chi connectivity index (χ1) is 15.1. The van der Waals surface area contributed by atoms with Crippen LogP contribution in [0.4, 0.5) is 14.9 Å². The smallest absolute Gasteiger partial charge is 0.329 e. The number of hydrogen-bond donors (Lipinski definition) is 1. The maximum Gasteiger partial charge on any atom is 0.329 e. The Bertz CT molecular complexity index is 1100. The number of carbonyl (C=O) groups excluding carboxylic acids is 2. The van der Waals surface area contributed by atoms with Gasteiger partial charge in [0.05, 0.1) is 6.54 Å². The number of anilines is 1. The zero-order chi connectivity index (χ0) is 23.2. The van der Waals surface area contributed by atoms with E-state index < -0.39 is 6.03 Å². The highest BCUT2D eigenvalue weighted by atomic mass is 19.1. The molecule has 3 amide bonds. The number of halogens is 1. The van der Waals surface area contributed by atoms with E-state index in [1.807, 2.05) is 6.92 Å². The second-order valence-corrected chi connectivity index (χ2v) is 9.44. The molecule has 0 aliphatic carbocycles. The van der Waals surface area contributed by atoms with Crippen LogP contribution in [0.1, 0.15) is 62.3 Å². The number of hydrogen-bond acceptors (Lipinski definition) is 3. The zero-order valence-electron chi connectivity index (χ0n) is 19.3. The van der Waals surface area contributed by atoms with Gasteiger partial charge < -0.3 is 10.2 Å². The normalized spacial score (nSPS) is 21.2. The lowest BCUT2D eigenvalue weighted by molar-refractivity contribution is -0.123. The summed E-state index contributed by atoms with van der Waals surface area (Å²) in [5, 5.41) is 2.70. The first-order valence-electron chi connectivity index (χ1n) is 11.1. The van der Waals surface area contributed by atoms with Gasteiger partial charge in [0.25, 0.3) is 5.91 Å². The van der Waals surface area contributed by atoms with Crippen LogP contribution in [0.3, 0.4) is 0 Å². The SMILES string of the molecule is CCN1c2cc(C)c(/C=C3\NC(=O)N(Cc4ccc(F)cc4)C3=O)cc2[C@@H](C)CC1(C)C. The van der Waals surface area contributed by atoms with Gasteiger partial charge in [0.2, 0.25) is 0 Å². The molecule has 5 nitrogen and oxygen atoms in total. The lowest BCUT2D eigenvalue weighted by atomic mass is 9.79. The van der Waals surface area contributed by atoms with Crippen molar-refractivity contribution in [1.82, 2.24) is 10.2 Å². The van der Waals surface area contributed by atoms with Gasteiger partial charge >= 0.3 is 6.03 Å².